The van der Waals surface area contributed by atoms with Crippen molar-refractivity contribution in [1.82, 2.24) is 4.90 Å². The maximum atomic E-state index is 13.7. The Hall–Kier alpha value is -2.52. The van der Waals surface area contributed by atoms with Gasteiger partial charge in [0.05, 0.1) is 23.4 Å². The van der Waals surface area contributed by atoms with Gasteiger partial charge in [0.25, 0.3) is 0 Å². The summed E-state index contributed by atoms with van der Waals surface area (Å²) in [5.41, 5.74) is 1.92. The van der Waals surface area contributed by atoms with Crippen LogP contribution in [0.5, 0.6) is 11.5 Å². The van der Waals surface area contributed by atoms with E-state index < -0.39 is 29.2 Å². The van der Waals surface area contributed by atoms with Crippen LogP contribution in [0.1, 0.15) is 52.0 Å². The van der Waals surface area contributed by atoms with Gasteiger partial charge < -0.3 is 9.84 Å². The fourth-order valence-electron chi connectivity index (χ4n) is 6.36. The van der Waals surface area contributed by atoms with Crippen LogP contribution in [0.25, 0.3) is 0 Å². The number of ether oxygens (including phenoxy) is 1. The molecule has 3 aliphatic carbocycles. The van der Waals surface area contributed by atoms with E-state index in [1.54, 1.807) is 13.0 Å². The Morgan fingerprint density at radius 1 is 1.05 bits per heavy atom. The first-order valence-electron chi connectivity index (χ1n) is 12.1. The Labute approximate surface area is 231 Å². The molecule has 2 amide bonds. The topological polar surface area (TPSA) is 101 Å². The van der Waals surface area contributed by atoms with Gasteiger partial charge in [0, 0.05) is 32.6 Å². The summed E-state index contributed by atoms with van der Waals surface area (Å²) in [4.78, 5) is 55.3. The van der Waals surface area contributed by atoms with E-state index in [9.17, 15) is 24.3 Å². The standard InChI is InChI=1S/C28H27Br2NO6/c1-11-8-17(32)15-9-14-12(6-7-13-20(14)27(36)31(26(13)35)28(2,3)4)19(21(15)24(11)33)16-10-18(37-5)25(34)23(30)22(16)29/h6,8,10,13-14,19-20,34H,7,9H2,1-5H3. The number of phenolic OH excluding ortho intramolecular Hbond substituents is 1. The Balaban J connectivity index is 1.75. The highest BCUT2D eigenvalue weighted by Crippen LogP contribution is 2.58. The number of ketones is 2. The molecule has 4 atom stereocenters. The smallest absolute Gasteiger partial charge is 0.234 e. The number of likely N-dealkylation sites (tertiary alicyclic amines) is 1. The first-order valence-corrected chi connectivity index (χ1v) is 13.7. The van der Waals surface area contributed by atoms with Crippen molar-refractivity contribution in [2.24, 2.45) is 17.8 Å². The number of rotatable bonds is 2. The van der Waals surface area contributed by atoms with Crippen LogP contribution in [0.3, 0.4) is 0 Å². The summed E-state index contributed by atoms with van der Waals surface area (Å²) in [7, 11) is 1.43. The molecule has 0 radical (unpaired) electrons. The third kappa shape index (κ3) is 3.72. The molecule has 0 bridgehead atoms. The molecule has 0 spiro atoms. The molecule has 1 heterocycles. The number of nitrogens with zero attached hydrogens (tertiary/aromatic N) is 1. The predicted molar refractivity (Wildman–Crippen MR) is 143 cm³/mol. The van der Waals surface area contributed by atoms with Gasteiger partial charge in [-0.05, 0) is 96.0 Å². The average molecular weight is 633 g/mol. The lowest BCUT2D eigenvalue weighted by molar-refractivity contribution is -0.145. The van der Waals surface area contributed by atoms with Crippen molar-refractivity contribution in [2.45, 2.75) is 52.0 Å². The highest BCUT2D eigenvalue weighted by Gasteiger charge is 2.58. The van der Waals surface area contributed by atoms with E-state index in [1.165, 1.54) is 18.1 Å². The van der Waals surface area contributed by atoms with Crippen LogP contribution in [0.4, 0.5) is 0 Å². The maximum Gasteiger partial charge on any atom is 0.234 e. The summed E-state index contributed by atoms with van der Waals surface area (Å²) in [6.07, 6.45) is 3.93. The minimum absolute atomic E-state index is 0.100. The van der Waals surface area contributed by atoms with Crippen molar-refractivity contribution in [3.05, 3.63) is 55.0 Å². The van der Waals surface area contributed by atoms with Crippen LogP contribution in [0.2, 0.25) is 0 Å². The molecule has 1 aliphatic heterocycles. The minimum atomic E-state index is -0.668. The van der Waals surface area contributed by atoms with Crippen LogP contribution in [-0.4, -0.2) is 46.0 Å². The highest BCUT2D eigenvalue weighted by atomic mass is 79.9. The normalized spacial score (nSPS) is 27.6. The second-order valence-electron chi connectivity index (χ2n) is 11.1. The average Bonchev–Trinajstić information content (AvgIpc) is 3.10. The molecule has 0 saturated carbocycles. The van der Waals surface area contributed by atoms with Gasteiger partial charge in [-0.2, -0.15) is 0 Å². The van der Waals surface area contributed by atoms with Gasteiger partial charge in [-0.1, -0.05) is 11.6 Å². The van der Waals surface area contributed by atoms with E-state index in [0.717, 1.165) is 5.57 Å². The molecular weight excluding hydrogens is 606 g/mol. The number of methoxy groups -OCH3 is 1. The number of hydrogen-bond donors (Lipinski definition) is 1. The number of Topliss-reactive ketones (excluding diaryl/α,β-unsaturated/α-hetero) is 1. The van der Waals surface area contributed by atoms with E-state index in [0.29, 0.717) is 37.6 Å². The summed E-state index contributed by atoms with van der Waals surface area (Å²) in [6.45, 7) is 7.15. The van der Waals surface area contributed by atoms with E-state index in [4.69, 9.17) is 4.74 Å². The predicted octanol–water partition coefficient (Wildman–Crippen LogP) is 5.15. The van der Waals surface area contributed by atoms with Gasteiger partial charge >= 0.3 is 0 Å². The Bertz CT molecular complexity index is 1400. The summed E-state index contributed by atoms with van der Waals surface area (Å²) in [5.74, 6) is -2.96. The lowest BCUT2D eigenvalue weighted by atomic mass is 9.59. The number of amides is 2. The molecule has 1 N–H and O–H groups in total. The molecule has 5 rings (SSSR count). The molecule has 1 aromatic carbocycles. The molecule has 1 fully saturated rings. The van der Waals surface area contributed by atoms with Crippen LogP contribution in [-0.2, 0) is 19.2 Å². The second-order valence-corrected chi connectivity index (χ2v) is 12.6. The zero-order chi connectivity index (χ0) is 27.1. The van der Waals surface area contributed by atoms with Crippen LogP contribution >= 0.6 is 31.9 Å². The number of hydrogen-bond acceptors (Lipinski definition) is 6. The first kappa shape index (κ1) is 26.1. The zero-order valence-electron chi connectivity index (χ0n) is 21.1. The SMILES string of the molecule is COc1cc(C2C3=CCC4C(=O)N(C(C)(C)C)C(=O)C4C3CC3=C2C(=O)C(C)=CC3=O)c(Br)c(Br)c1O. The Kier molecular flexibility index (Phi) is 6.18. The van der Waals surface area contributed by atoms with E-state index in [2.05, 4.69) is 31.9 Å². The number of phenols is 1. The van der Waals surface area contributed by atoms with E-state index in [1.807, 2.05) is 26.8 Å². The van der Waals surface area contributed by atoms with Gasteiger partial charge in [0.1, 0.15) is 0 Å². The third-order valence-corrected chi connectivity index (χ3v) is 10.1. The molecular formula is C28H27Br2NO6. The van der Waals surface area contributed by atoms with Gasteiger partial charge in [-0.25, -0.2) is 0 Å². The molecule has 37 heavy (non-hydrogen) atoms. The largest absolute Gasteiger partial charge is 0.503 e. The van der Waals surface area contributed by atoms with Crippen LogP contribution in [0, 0.1) is 17.8 Å². The Morgan fingerprint density at radius 2 is 1.73 bits per heavy atom. The maximum absolute atomic E-state index is 13.7. The third-order valence-electron chi connectivity index (χ3n) is 7.94. The molecule has 1 aromatic rings. The molecule has 0 aromatic heterocycles. The van der Waals surface area contributed by atoms with Crippen molar-refractivity contribution in [2.75, 3.05) is 7.11 Å². The van der Waals surface area contributed by atoms with Crippen molar-refractivity contribution in [1.29, 1.82) is 0 Å². The number of imide groups is 1. The molecule has 9 heteroatoms. The zero-order valence-corrected chi connectivity index (χ0v) is 24.3. The number of fused-ring (bicyclic) bond motifs is 3. The fraction of sp³-hybridized carbons (Fsp3) is 0.429. The van der Waals surface area contributed by atoms with Gasteiger partial charge in [-0.3, -0.25) is 24.1 Å². The highest BCUT2D eigenvalue weighted by molar-refractivity contribution is 9.13. The molecule has 4 unspecified atom stereocenters. The first-order chi connectivity index (χ1) is 17.3. The second kappa shape index (κ2) is 8.76. The number of benzene rings is 1. The van der Waals surface area contributed by atoms with E-state index >= 15 is 0 Å². The van der Waals surface area contributed by atoms with E-state index in [-0.39, 0.29) is 41.3 Å². The summed E-state index contributed by atoms with van der Waals surface area (Å²) in [5, 5.41) is 10.5. The van der Waals surface area contributed by atoms with Crippen molar-refractivity contribution >= 4 is 55.2 Å². The molecule has 7 nitrogen and oxygen atoms in total. The molecule has 4 aliphatic rings. The number of aromatic hydroxyl groups is 1. The minimum Gasteiger partial charge on any atom is -0.503 e. The summed E-state index contributed by atoms with van der Waals surface area (Å²) < 4.78 is 6.27. The number of halogens is 2. The van der Waals surface area contributed by atoms with Gasteiger partial charge in [0.15, 0.2) is 23.1 Å². The lowest BCUT2D eigenvalue weighted by Gasteiger charge is -2.42. The van der Waals surface area contributed by atoms with Crippen LogP contribution < -0.4 is 4.74 Å². The van der Waals surface area contributed by atoms with Crippen molar-refractivity contribution in [3.63, 3.8) is 0 Å². The number of allylic oxidation sites excluding steroid dienone is 6. The summed E-state index contributed by atoms with van der Waals surface area (Å²) >= 11 is 6.99. The molecule has 1 saturated heterocycles. The monoisotopic (exact) mass is 631 g/mol. The van der Waals surface area contributed by atoms with Gasteiger partial charge in [0.2, 0.25) is 11.8 Å². The van der Waals surface area contributed by atoms with Crippen LogP contribution in [0.15, 0.2) is 49.5 Å². The number of carbonyl (C=O) groups is 4. The number of carbonyl (C=O) groups excluding carboxylic acids is 4. The lowest BCUT2D eigenvalue weighted by Crippen LogP contribution is -2.46. The van der Waals surface area contributed by atoms with Crippen molar-refractivity contribution < 1.29 is 29.0 Å². The quantitative estimate of drug-likeness (QED) is 0.275. The molecule has 194 valence electrons. The van der Waals surface area contributed by atoms with Crippen molar-refractivity contribution in [3.8, 4) is 11.5 Å². The fourth-order valence-corrected chi connectivity index (χ4v) is 7.31. The summed E-state index contributed by atoms with van der Waals surface area (Å²) in [6, 6.07) is 1.66. The Morgan fingerprint density at radius 3 is 2.35 bits per heavy atom. The van der Waals surface area contributed by atoms with Gasteiger partial charge in [-0.15, -0.1) is 0 Å².